The number of phenolic OH excluding ortho intramolecular Hbond substituents is 4. The molecule has 0 aromatic heterocycles. The van der Waals surface area contributed by atoms with Crippen LogP contribution in [0.1, 0.15) is 50.7 Å². The molecule has 0 fully saturated rings. The molecule has 1 heterocycles. The third-order valence-electron chi connectivity index (χ3n) is 6.39. The van der Waals surface area contributed by atoms with Gasteiger partial charge >= 0.3 is 0 Å². The highest BCUT2D eigenvalue weighted by atomic mass is 16.5. The molecule has 1 aliphatic heterocycles. The highest BCUT2D eigenvalue weighted by molar-refractivity contribution is 6.04. The first-order chi connectivity index (χ1) is 16.9. The maximum absolute atomic E-state index is 13.3. The Morgan fingerprint density at radius 3 is 1.83 bits per heavy atom. The summed E-state index contributed by atoms with van der Waals surface area (Å²) in [7, 11) is 0. The number of fused-ring (bicyclic) bond motifs is 1. The summed E-state index contributed by atoms with van der Waals surface area (Å²) < 4.78 is 6.25. The smallest absolute Gasteiger partial charge is 0.174 e. The summed E-state index contributed by atoms with van der Waals surface area (Å²) >= 11 is 0. The van der Waals surface area contributed by atoms with E-state index in [1.165, 1.54) is 6.07 Å². The Kier molecular flexibility index (Phi) is 5.79. The van der Waals surface area contributed by atoms with E-state index in [0.29, 0.717) is 16.7 Å². The summed E-state index contributed by atoms with van der Waals surface area (Å²) in [5.74, 6) is -0.757. The third kappa shape index (κ3) is 4.15. The van der Waals surface area contributed by atoms with Crippen LogP contribution in [0.15, 0.2) is 78.9 Å². The van der Waals surface area contributed by atoms with Gasteiger partial charge in [-0.05, 0) is 28.8 Å². The Labute approximate surface area is 202 Å². The van der Waals surface area contributed by atoms with Crippen molar-refractivity contribution >= 4 is 5.78 Å². The molecule has 0 bridgehead atoms. The van der Waals surface area contributed by atoms with E-state index in [1.807, 2.05) is 30.3 Å². The van der Waals surface area contributed by atoms with Crippen LogP contribution in [0.4, 0.5) is 0 Å². The monoisotopic (exact) mass is 468 g/mol. The number of benzene rings is 4. The molecule has 0 spiro atoms. The number of carbonyl (C=O) groups excluding carboxylic acids is 1. The largest absolute Gasteiger partial charge is 0.508 e. The van der Waals surface area contributed by atoms with E-state index < -0.39 is 6.10 Å². The van der Waals surface area contributed by atoms with E-state index in [4.69, 9.17) is 4.74 Å². The lowest BCUT2D eigenvalue weighted by Gasteiger charge is -2.30. The molecule has 0 saturated carbocycles. The summed E-state index contributed by atoms with van der Waals surface area (Å²) in [5, 5.41) is 43.1. The van der Waals surface area contributed by atoms with Crippen LogP contribution in [0.5, 0.6) is 28.7 Å². The second-order valence-corrected chi connectivity index (χ2v) is 8.61. The number of aromatic hydroxyl groups is 4. The van der Waals surface area contributed by atoms with Gasteiger partial charge in [0.1, 0.15) is 40.4 Å². The number of hydrogen-bond acceptors (Lipinski definition) is 6. The second kappa shape index (κ2) is 9.06. The topological polar surface area (TPSA) is 107 Å². The Bertz CT molecular complexity index is 1410. The number of carbonyl (C=O) groups is 1. The fraction of sp³-hybridized carbons (Fsp3) is 0.138. The van der Waals surface area contributed by atoms with Crippen molar-refractivity contribution in [3.05, 3.63) is 112 Å². The predicted octanol–water partition coefficient (Wildman–Crippen LogP) is 5.40. The molecule has 4 aromatic carbocycles. The molecular weight excluding hydrogens is 444 g/mol. The number of para-hydroxylation sites is 2. The number of Topliss-reactive ketones (excluding diaryl/α,β-unsaturated/α-hetero) is 1. The van der Waals surface area contributed by atoms with E-state index in [-0.39, 0.29) is 64.9 Å². The summed E-state index contributed by atoms with van der Waals surface area (Å²) in [5.41, 5.74) is 2.23. The summed E-state index contributed by atoms with van der Waals surface area (Å²) in [6.45, 7) is 0. The molecule has 35 heavy (non-hydrogen) atoms. The molecule has 4 aromatic rings. The zero-order valence-corrected chi connectivity index (χ0v) is 18.8. The number of phenols is 4. The van der Waals surface area contributed by atoms with E-state index in [2.05, 4.69) is 0 Å². The molecule has 4 N–H and O–H groups in total. The quantitative estimate of drug-likeness (QED) is 0.313. The highest BCUT2D eigenvalue weighted by Gasteiger charge is 2.36. The van der Waals surface area contributed by atoms with Crippen molar-refractivity contribution in [1.82, 2.24) is 0 Å². The minimum absolute atomic E-state index is 0.000779. The third-order valence-corrected chi connectivity index (χ3v) is 6.39. The van der Waals surface area contributed by atoms with Crippen molar-refractivity contribution in [2.75, 3.05) is 0 Å². The van der Waals surface area contributed by atoms with Crippen LogP contribution in [-0.2, 0) is 12.8 Å². The highest BCUT2D eigenvalue weighted by Crippen LogP contribution is 2.49. The first-order valence-electron chi connectivity index (χ1n) is 11.3. The molecule has 6 nitrogen and oxygen atoms in total. The van der Waals surface area contributed by atoms with Gasteiger partial charge in [0, 0.05) is 24.0 Å². The van der Waals surface area contributed by atoms with E-state index in [9.17, 15) is 25.2 Å². The normalized spacial score (nSPS) is 14.9. The first-order valence-corrected chi connectivity index (χ1v) is 11.3. The maximum Gasteiger partial charge on any atom is 0.174 e. The van der Waals surface area contributed by atoms with Crippen LogP contribution in [0.3, 0.4) is 0 Å². The van der Waals surface area contributed by atoms with Gasteiger partial charge in [-0.25, -0.2) is 0 Å². The Balaban J connectivity index is 1.68. The van der Waals surface area contributed by atoms with Gasteiger partial charge in [-0.1, -0.05) is 66.7 Å². The van der Waals surface area contributed by atoms with Gasteiger partial charge in [-0.15, -0.1) is 0 Å². The average Bonchev–Trinajstić information content (AvgIpc) is 2.86. The van der Waals surface area contributed by atoms with Gasteiger partial charge in [0.25, 0.3) is 0 Å². The van der Waals surface area contributed by atoms with Crippen LogP contribution >= 0.6 is 0 Å². The molecule has 5 rings (SSSR count). The summed E-state index contributed by atoms with van der Waals surface area (Å²) in [6.07, 6.45) is -0.478. The summed E-state index contributed by atoms with van der Waals surface area (Å²) in [6, 6.07) is 22.6. The zero-order chi connectivity index (χ0) is 24.5. The number of ketones is 1. The predicted molar refractivity (Wildman–Crippen MR) is 130 cm³/mol. The van der Waals surface area contributed by atoms with Crippen LogP contribution in [0.2, 0.25) is 0 Å². The van der Waals surface area contributed by atoms with Gasteiger partial charge in [0.05, 0.1) is 6.42 Å². The van der Waals surface area contributed by atoms with Crippen LogP contribution < -0.4 is 4.74 Å². The summed E-state index contributed by atoms with van der Waals surface area (Å²) in [4.78, 5) is 13.3. The van der Waals surface area contributed by atoms with E-state index in [1.54, 1.807) is 42.5 Å². The van der Waals surface area contributed by atoms with Crippen LogP contribution in [0.25, 0.3) is 0 Å². The molecule has 1 atom stereocenters. The number of hydrogen-bond donors (Lipinski definition) is 4. The molecule has 0 radical (unpaired) electrons. The van der Waals surface area contributed by atoms with Crippen molar-refractivity contribution in [3.8, 4) is 28.7 Å². The standard InChI is InChI=1S/C29H24O6/c30-22-12-6-4-10-18(22)14-20-27(33)21(15-19-11-5-7-13-23(19)31)29-26(28(20)34)24(32)16-25(35-29)17-8-2-1-3-9-17/h1-13,25,30-31,33-34H,14-16H2/t25-/m1/s1. The fourth-order valence-electron chi connectivity index (χ4n) is 4.54. The van der Waals surface area contributed by atoms with Crippen molar-refractivity contribution < 1.29 is 30.0 Å². The van der Waals surface area contributed by atoms with Crippen molar-refractivity contribution in [2.45, 2.75) is 25.4 Å². The SMILES string of the molecule is O=C1C[C@H](c2ccccc2)Oc2c(Cc3ccccc3O)c(O)c(Cc3ccccc3O)c(O)c21. The number of rotatable bonds is 5. The van der Waals surface area contributed by atoms with E-state index in [0.717, 1.165) is 5.56 Å². The van der Waals surface area contributed by atoms with Gasteiger partial charge in [0.15, 0.2) is 5.78 Å². The molecule has 0 saturated heterocycles. The van der Waals surface area contributed by atoms with Gasteiger partial charge < -0.3 is 25.2 Å². The van der Waals surface area contributed by atoms with Crippen LogP contribution in [0, 0.1) is 0 Å². The molecule has 6 heteroatoms. The minimum atomic E-state index is -0.581. The first kappa shape index (κ1) is 22.3. The maximum atomic E-state index is 13.3. The molecular formula is C29H24O6. The lowest BCUT2D eigenvalue weighted by atomic mass is 9.87. The average molecular weight is 469 g/mol. The van der Waals surface area contributed by atoms with Crippen molar-refractivity contribution in [1.29, 1.82) is 0 Å². The second-order valence-electron chi connectivity index (χ2n) is 8.61. The Morgan fingerprint density at radius 1 is 0.686 bits per heavy atom. The molecule has 176 valence electrons. The van der Waals surface area contributed by atoms with Gasteiger partial charge in [0.2, 0.25) is 0 Å². The molecule has 1 aliphatic rings. The fourth-order valence-corrected chi connectivity index (χ4v) is 4.54. The van der Waals surface area contributed by atoms with Crippen LogP contribution in [-0.4, -0.2) is 26.2 Å². The number of ether oxygens (including phenoxy) is 1. The minimum Gasteiger partial charge on any atom is -0.508 e. The van der Waals surface area contributed by atoms with Gasteiger partial charge in [-0.3, -0.25) is 4.79 Å². The Hall–Kier alpha value is -4.45. The lowest BCUT2D eigenvalue weighted by Crippen LogP contribution is -2.22. The van der Waals surface area contributed by atoms with Crippen molar-refractivity contribution in [3.63, 3.8) is 0 Å². The molecule has 0 aliphatic carbocycles. The van der Waals surface area contributed by atoms with Gasteiger partial charge in [-0.2, -0.15) is 0 Å². The van der Waals surface area contributed by atoms with Crippen molar-refractivity contribution in [2.24, 2.45) is 0 Å². The van der Waals surface area contributed by atoms with E-state index >= 15 is 0 Å². The molecule has 0 amide bonds. The zero-order valence-electron chi connectivity index (χ0n) is 18.8. The Morgan fingerprint density at radius 2 is 1.23 bits per heavy atom. The molecule has 0 unspecified atom stereocenters. The lowest BCUT2D eigenvalue weighted by molar-refractivity contribution is 0.0842.